The molecule has 46 heavy (non-hydrogen) atoms. The number of aryl methyl sites for hydroxylation is 1. The molecule has 0 saturated carbocycles. The van der Waals surface area contributed by atoms with E-state index in [9.17, 15) is 9.90 Å². The van der Waals surface area contributed by atoms with Crippen LogP contribution in [0.15, 0.2) is 95.8 Å². The SMILES string of the molecule is CCCCc1nc2ccc(C(O)CC3NCCc4ccccc43)cc2c(=O)n1Cc1ccc(-c2ccccc2-c2nn[nH]n2)cc1. The molecule has 4 aromatic carbocycles. The van der Waals surface area contributed by atoms with Crippen molar-refractivity contribution in [1.29, 1.82) is 0 Å². The van der Waals surface area contributed by atoms with Crippen LogP contribution in [0.3, 0.4) is 0 Å². The van der Waals surface area contributed by atoms with Crippen LogP contribution in [-0.2, 0) is 19.4 Å². The van der Waals surface area contributed by atoms with E-state index in [1.54, 1.807) is 4.57 Å². The van der Waals surface area contributed by atoms with Crippen LogP contribution in [-0.4, -0.2) is 41.8 Å². The van der Waals surface area contributed by atoms with Crippen molar-refractivity contribution < 1.29 is 5.11 Å². The van der Waals surface area contributed by atoms with Gasteiger partial charge in [0, 0.05) is 18.0 Å². The number of aliphatic hydroxyl groups excluding tert-OH is 1. The summed E-state index contributed by atoms with van der Waals surface area (Å²) in [5.74, 6) is 1.32. The Balaban J connectivity index is 1.18. The van der Waals surface area contributed by atoms with Crippen molar-refractivity contribution in [3.05, 3.63) is 129 Å². The van der Waals surface area contributed by atoms with Crippen LogP contribution in [0.2, 0.25) is 0 Å². The van der Waals surface area contributed by atoms with Crippen LogP contribution in [0.4, 0.5) is 0 Å². The Kier molecular flexibility index (Phi) is 8.50. The van der Waals surface area contributed by atoms with Gasteiger partial charge in [0.25, 0.3) is 5.56 Å². The first-order valence-corrected chi connectivity index (χ1v) is 16.0. The van der Waals surface area contributed by atoms with E-state index >= 15 is 0 Å². The fourth-order valence-corrected chi connectivity index (χ4v) is 6.52. The zero-order valence-electron chi connectivity index (χ0n) is 25.9. The van der Waals surface area contributed by atoms with E-state index < -0.39 is 6.10 Å². The van der Waals surface area contributed by atoms with E-state index in [2.05, 4.69) is 75.3 Å². The lowest BCUT2D eigenvalue weighted by atomic mass is 9.89. The Labute approximate surface area is 267 Å². The molecule has 0 radical (unpaired) electrons. The summed E-state index contributed by atoms with van der Waals surface area (Å²) in [5.41, 5.74) is 7.79. The lowest BCUT2D eigenvalue weighted by molar-refractivity contribution is 0.150. The van der Waals surface area contributed by atoms with E-state index in [1.165, 1.54) is 11.1 Å². The van der Waals surface area contributed by atoms with Crippen LogP contribution in [0.5, 0.6) is 0 Å². The molecule has 0 fully saturated rings. The fourth-order valence-electron chi connectivity index (χ4n) is 6.52. The topological polar surface area (TPSA) is 122 Å². The second-order valence-electron chi connectivity index (χ2n) is 12.0. The number of unbranched alkanes of at least 4 members (excludes halogenated alkanes) is 1. The summed E-state index contributed by atoms with van der Waals surface area (Å²) in [6.07, 6.45) is 3.46. The number of hydrogen-bond acceptors (Lipinski definition) is 7. The average Bonchev–Trinajstić information content (AvgIpc) is 3.64. The van der Waals surface area contributed by atoms with Gasteiger partial charge in [0.15, 0.2) is 0 Å². The molecule has 0 spiro atoms. The molecule has 6 aromatic rings. The number of aromatic amines is 1. The van der Waals surface area contributed by atoms with Gasteiger partial charge in [-0.2, -0.15) is 5.21 Å². The number of tetrazole rings is 1. The van der Waals surface area contributed by atoms with Crippen molar-refractivity contribution >= 4 is 10.9 Å². The highest BCUT2D eigenvalue weighted by Crippen LogP contribution is 2.32. The summed E-state index contributed by atoms with van der Waals surface area (Å²) in [6, 6.07) is 30.3. The molecule has 3 N–H and O–H groups in total. The Bertz CT molecular complexity index is 2020. The summed E-state index contributed by atoms with van der Waals surface area (Å²) >= 11 is 0. The Morgan fingerprint density at radius 1 is 0.978 bits per heavy atom. The van der Waals surface area contributed by atoms with Crippen LogP contribution in [0.25, 0.3) is 33.4 Å². The van der Waals surface area contributed by atoms with Gasteiger partial charge in [0.1, 0.15) is 5.82 Å². The van der Waals surface area contributed by atoms with E-state index in [0.29, 0.717) is 29.7 Å². The molecule has 232 valence electrons. The smallest absolute Gasteiger partial charge is 0.261 e. The van der Waals surface area contributed by atoms with Crippen molar-refractivity contribution in [3.8, 4) is 22.5 Å². The van der Waals surface area contributed by atoms with Crippen LogP contribution in [0.1, 0.15) is 66.4 Å². The number of nitrogens with one attached hydrogen (secondary N) is 2. The van der Waals surface area contributed by atoms with Gasteiger partial charge in [-0.25, -0.2) is 4.98 Å². The highest BCUT2D eigenvalue weighted by atomic mass is 16.3. The van der Waals surface area contributed by atoms with Crippen molar-refractivity contribution in [2.24, 2.45) is 0 Å². The summed E-state index contributed by atoms with van der Waals surface area (Å²) in [6.45, 7) is 3.43. The lowest BCUT2D eigenvalue weighted by Gasteiger charge is -2.28. The van der Waals surface area contributed by atoms with Gasteiger partial charge in [0.2, 0.25) is 5.82 Å². The van der Waals surface area contributed by atoms with Gasteiger partial charge in [-0.15, -0.1) is 10.2 Å². The maximum absolute atomic E-state index is 14.1. The summed E-state index contributed by atoms with van der Waals surface area (Å²) in [7, 11) is 0. The van der Waals surface area contributed by atoms with E-state index in [1.807, 2.05) is 48.5 Å². The number of nitrogens with zero attached hydrogens (tertiary/aromatic N) is 5. The molecule has 1 aliphatic heterocycles. The molecule has 2 unspecified atom stereocenters. The van der Waals surface area contributed by atoms with Crippen molar-refractivity contribution in [3.63, 3.8) is 0 Å². The first kappa shape index (κ1) is 29.7. The molecule has 0 bridgehead atoms. The van der Waals surface area contributed by atoms with Crippen LogP contribution < -0.4 is 10.9 Å². The van der Waals surface area contributed by atoms with Crippen molar-refractivity contribution in [2.75, 3.05) is 6.54 Å². The number of hydrogen-bond donors (Lipinski definition) is 3. The van der Waals surface area contributed by atoms with E-state index in [-0.39, 0.29) is 11.6 Å². The van der Waals surface area contributed by atoms with Gasteiger partial charge in [0.05, 0.1) is 23.6 Å². The normalized spacial score (nSPS) is 15.1. The maximum Gasteiger partial charge on any atom is 0.261 e. The number of fused-ring (bicyclic) bond motifs is 2. The highest BCUT2D eigenvalue weighted by molar-refractivity contribution is 5.80. The number of aliphatic hydroxyl groups is 1. The third-order valence-electron chi connectivity index (χ3n) is 8.99. The molecular weight excluding hydrogens is 574 g/mol. The van der Waals surface area contributed by atoms with Crippen molar-refractivity contribution in [2.45, 2.75) is 57.7 Å². The lowest BCUT2D eigenvalue weighted by Crippen LogP contribution is -2.31. The van der Waals surface area contributed by atoms with Gasteiger partial charge in [-0.05, 0) is 76.5 Å². The van der Waals surface area contributed by atoms with Crippen LogP contribution >= 0.6 is 0 Å². The number of rotatable bonds is 10. The highest BCUT2D eigenvalue weighted by Gasteiger charge is 2.23. The standard InChI is InChI=1S/C37H37N7O2/c1-2-3-12-35-39-32-18-17-27(34(45)22-33-29-10-5-4-8-25(29)19-20-38-33)21-31(32)37(46)44(35)23-24-13-15-26(16-14-24)28-9-6-7-11-30(28)36-40-42-43-41-36/h4-11,13-18,21,33-34,38,45H,2-3,12,19-20,22-23H2,1H3,(H,40,41,42,43). The third-order valence-corrected chi connectivity index (χ3v) is 8.99. The zero-order chi connectivity index (χ0) is 31.5. The van der Waals surface area contributed by atoms with Crippen molar-refractivity contribution in [1.82, 2.24) is 35.5 Å². The Hall–Kier alpha value is -4.99. The molecule has 0 aliphatic carbocycles. The van der Waals surface area contributed by atoms with E-state index in [0.717, 1.165) is 65.9 Å². The molecule has 9 heteroatoms. The monoisotopic (exact) mass is 611 g/mol. The molecule has 1 aliphatic rings. The number of benzene rings is 4. The summed E-state index contributed by atoms with van der Waals surface area (Å²) in [4.78, 5) is 19.1. The molecule has 0 amide bonds. The predicted molar refractivity (Wildman–Crippen MR) is 179 cm³/mol. The van der Waals surface area contributed by atoms with Gasteiger partial charge < -0.3 is 10.4 Å². The maximum atomic E-state index is 14.1. The van der Waals surface area contributed by atoms with Gasteiger partial charge >= 0.3 is 0 Å². The second-order valence-corrected chi connectivity index (χ2v) is 12.0. The molecule has 3 heterocycles. The predicted octanol–water partition coefficient (Wildman–Crippen LogP) is 5.95. The second kappa shape index (κ2) is 13.2. The minimum atomic E-state index is -0.719. The van der Waals surface area contributed by atoms with E-state index in [4.69, 9.17) is 4.98 Å². The first-order valence-electron chi connectivity index (χ1n) is 16.0. The van der Waals surface area contributed by atoms with Crippen LogP contribution in [0, 0.1) is 0 Å². The third kappa shape index (κ3) is 5.99. The summed E-state index contributed by atoms with van der Waals surface area (Å²) in [5, 5.41) is 30.0. The molecule has 2 aromatic heterocycles. The van der Waals surface area contributed by atoms with Gasteiger partial charge in [-0.3, -0.25) is 9.36 Å². The minimum Gasteiger partial charge on any atom is -0.388 e. The molecule has 7 rings (SSSR count). The Morgan fingerprint density at radius 2 is 1.78 bits per heavy atom. The van der Waals surface area contributed by atoms with Gasteiger partial charge in [-0.1, -0.05) is 92.2 Å². The quantitative estimate of drug-likeness (QED) is 0.175. The zero-order valence-corrected chi connectivity index (χ0v) is 25.9. The molecular formula is C37H37N7O2. The Morgan fingerprint density at radius 3 is 2.59 bits per heavy atom. The average molecular weight is 612 g/mol. The largest absolute Gasteiger partial charge is 0.388 e. The molecule has 0 saturated heterocycles. The molecule has 9 nitrogen and oxygen atoms in total. The molecule has 2 atom stereocenters. The first-order chi connectivity index (χ1) is 22.6. The number of H-pyrrole nitrogens is 1. The fraction of sp³-hybridized carbons (Fsp3) is 0.270. The summed E-state index contributed by atoms with van der Waals surface area (Å²) < 4.78 is 1.80. The minimum absolute atomic E-state index is 0.0593. The number of aromatic nitrogens is 6.